The zero-order valence-electron chi connectivity index (χ0n) is 12.3. The van der Waals surface area contributed by atoms with Crippen molar-refractivity contribution in [1.29, 1.82) is 0 Å². The van der Waals surface area contributed by atoms with Gasteiger partial charge in [-0.05, 0) is 68.6 Å². The van der Waals surface area contributed by atoms with Gasteiger partial charge in [-0.15, -0.1) is 32.6 Å². The van der Waals surface area contributed by atoms with Gasteiger partial charge in [0, 0.05) is 0 Å². The summed E-state index contributed by atoms with van der Waals surface area (Å²) < 4.78 is 0. The van der Waals surface area contributed by atoms with Crippen LogP contribution in [-0.4, -0.2) is 12.3 Å². The molecule has 0 aromatic heterocycles. The Morgan fingerprint density at radius 1 is 0.833 bits per heavy atom. The maximum Gasteiger partial charge on any atom is -0.0239 e. The van der Waals surface area contributed by atoms with Crippen LogP contribution in [0.3, 0.4) is 0 Å². The van der Waals surface area contributed by atoms with E-state index in [9.17, 15) is 0 Å². The van der Waals surface area contributed by atoms with Crippen LogP contribution in [0.2, 0.25) is 0 Å². The summed E-state index contributed by atoms with van der Waals surface area (Å²) in [7, 11) is 1.20. The van der Waals surface area contributed by atoms with E-state index < -0.39 is 0 Å². The highest BCUT2D eigenvalue weighted by molar-refractivity contribution is 14.0. The van der Waals surface area contributed by atoms with Gasteiger partial charge in [0.2, 0.25) is 0 Å². The topological polar surface area (TPSA) is 0 Å². The van der Waals surface area contributed by atoms with Gasteiger partial charge in [-0.3, -0.25) is 0 Å². The number of halogens is 1. The predicted octanol–water partition coefficient (Wildman–Crippen LogP) is 6.08. The van der Waals surface area contributed by atoms with E-state index in [0.717, 1.165) is 23.4 Å². The van der Waals surface area contributed by atoms with Gasteiger partial charge in [0.25, 0.3) is 0 Å². The van der Waals surface area contributed by atoms with Crippen LogP contribution in [0, 0.1) is 17.8 Å². The molecule has 0 aromatic carbocycles. The lowest BCUT2D eigenvalue weighted by molar-refractivity contribution is 0.164. The average Bonchev–Trinajstić information content (AvgIpc) is 2.40. The Kier molecular flexibility index (Phi) is 8.76. The Morgan fingerprint density at radius 3 is 1.78 bits per heavy atom. The predicted molar refractivity (Wildman–Crippen MR) is 95.8 cm³/mol. The molecule has 1 atom stereocenters. The fourth-order valence-corrected chi connectivity index (χ4v) is 5.15. The number of rotatable bonds is 4. The van der Waals surface area contributed by atoms with Gasteiger partial charge in [-0.25, -0.2) is 0 Å². The second kappa shape index (κ2) is 9.16. The average molecular weight is 382 g/mol. The molecule has 0 heterocycles. The third-order valence-electron chi connectivity index (χ3n) is 5.44. The normalized spacial score (nSPS) is 37.7. The van der Waals surface area contributed by atoms with Crippen molar-refractivity contribution in [3.63, 3.8) is 0 Å². The quantitative estimate of drug-likeness (QED) is 0.408. The molecule has 2 fully saturated rings. The van der Waals surface area contributed by atoms with Crippen LogP contribution in [0.4, 0.5) is 0 Å². The summed E-state index contributed by atoms with van der Waals surface area (Å²) in [6.45, 7) is 4.75. The van der Waals surface area contributed by atoms with Crippen molar-refractivity contribution in [3.8, 4) is 0 Å². The third-order valence-corrected chi connectivity index (χ3v) is 6.83. The molecule has 0 aromatic rings. The molecule has 2 aliphatic carbocycles. The highest BCUT2D eigenvalue weighted by Crippen LogP contribution is 2.43. The number of hydrogen-bond donors (Lipinski definition) is 0. The Balaban J connectivity index is 0.00000162. The van der Waals surface area contributed by atoms with E-state index in [1.165, 1.54) is 21.4 Å². The first kappa shape index (κ1) is 17.2. The summed E-state index contributed by atoms with van der Waals surface area (Å²) in [6.07, 6.45) is 15.4. The molecule has 2 aliphatic rings. The van der Waals surface area contributed by atoms with Gasteiger partial charge >= 0.3 is 0 Å². The zero-order valence-corrected chi connectivity index (χ0v) is 15.6. The van der Waals surface area contributed by atoms with Gasteiger partial charge in [-0.2, -0.15) is 0 Å². The Labute approximate surface area is 133 Å². The molecule has 2 rings (SSSR count). The first-order valence-corrected chi connectivity index (χ1v) is 9.58. The lowest BCUT2D eigenvalue weighted by atomic mass is 9.70. The second-order valence-electron chi connectivity index (χ2n) is 6.47. The second-order valence-corrected chi connectivity index (χ2v) is 7.86. The minimum Gasteiger partial charge on any atom is -0.122 e. The van der Waals surface area contributed by atoms with Crippen molar-refractivity contribution in [3.05, 3.63) is 0 Å². The monoisotopic (exact) mass is 382 g/mol. The van der Waals surface area contributed by atoms with Gasteiger partial charge in [-0.1, -0.05) is 32.6 Å². The molecule has 108 valence electrons. The van der Waals surface area contributed by atoms with Crippen LogP contribution < -0.4 is 0 Å². The molecule has 0 bridgehead atoms. The zero-order chi connectivity index (χ0) is 12.1. The fourth-order valence-electron chi connectivity index (χ4n) is 4.24. The highest BCUT2D eigenvalue weighted by atomic mass is 127. The largest absolute Gasteiger partial charge is 0.122 e. The summed E-state index contributed by atoms with van der Waals surface area (Å²) in [5.74, 6) is 3.32. The maximum absolute atomic E-state index is 2.40. The van der Waals surface area contributed by atoms with Crippen molar-refractivity contribution in [2.75, 3.05) is 6.66 Å². The molecule has 0 aliphatic heterocycles. The van der Waals surface area contributed by atoms with E-state index in [2.05, 4.69) is 13.6 Å². The number of hydrogen-bond acceptors (Lipinski definition) is 0. The molecule has 1 unspecified atom stereocenters. The molecule has 2 saturated carbocycles. The van der Waals surface area contributed by atoms with Crippen molar-refractivity contribution in [2.24, 2.45) is 17.8 Å². The molecule has 0 amide bonds. The lowest BCUT2D eigenvalue weighted by Crippen LogP contribution is -2.26. The highest BCUT2D eigenvalue weighted by Gasteiger charge is 2.30. The van der Waals surface area contributed by atoms with Crippen LogP contribution in [0.5, 0.6) is 0 Å². The van der Waals surface area contributed by atoms with E-state index in [1.54, 1.807) is 51.4 Å². The van der Waals surface area contributed by atoms with E-state index in [4.69, 9.17) is 0 Å². The Morgan fingerprint density at radius 2 is 1.33 bits per heavy atom. The summed E-state index contributed by atoms with van der Waals surface area (Å²) in [5, 5.41) is 0. The first-order chi connectivity index (χ1) is 8.33. The van der Waals surface area contributed by atoms with Crippen LogP contribution in [-0.2, 0) is 0 Å². The van der Waals surface area contributed by atoms with Crippen LogP contribution >= 0.6 is 32.6 Å². The summed E-state index contributed by atoms with van der Waals surface area (Å²) in [6, 6.07) is 0. The third kappa shape index (κ3) is 4.93. The SMILES string of the molecule is CCC[C@H]1CC[C@H](C2CCC(PC)CC2)CC1.I. The molecule has 0 radical (unpaired) electrons. The van der Waals surface area contributed by atoms with E-state index >= 15 is 0 Å². The van der Waals surface area contributed by atoms with Crippen molar-refractivity contribution >= 4 is 32.6 Å². The van der Waals surface area contributed by atoms with Crippen molar-refractivity contribution in [1.82, 2.24) is 0 Å². The standard InChI is InChI=1S/C16H31P.HI/c1-3-4-13-5-7-14(8-6-13)15-9-11-16(17-2)12-10-15;/h13-17H,3-12H2,1-2H3;1H/t13-,14-,15?,16?;. The van der Waals surface area contributed by atoms with Crippen LogP contribution in [0.25, 0.3) is 0 Å². The molecule has 0 N–H and O–H groups in total. The Bertz CT molecular complexity index is 203. The molecule has 2 heteroatoms. The van der Waals surface area contributed by atoms with Crippen molar-refractivity contribution < 1.29 is 0 Å². The van der Waals surface area contributed by atoms with Gasteiger partial charge in [0.1, 0.15) is 0 Å². The first-order valence-electron chi connectivity index (χ1n) is 8.00. The van der Waals surface area contributed by atoms with E-state index in [0.29, 0.717) is 0 Å². The molecule has 18 heavy (non-hydrogen) atoms. The molecule has 0 nitrogen and oxygen atoms in total. The van der Waals surface area contributed by atoms with Crippen LogP contribution in [0.1, 0.15) is 71.1 Å². The minimum absolute atomic E-state index is 0. The molecule has 0 saturated heterocycles. The summed E-state index contributed by atoms with van der Waals surface area (Å²) in [5.41, 5.74) is 1.10. The molecular formula is C16H32IP. The van der Waals surface area contributed by atoms with Crippen molar-refractivity contribution in [2.45, 2.75) is 76.8 Å². The fraction of sp³-hybridized carbons (Fsp3) is 1.00. The molecule has 0 spiro atoms. The van der Waals surface area contributed by atoms with E-state index in [-0.39, 0.29) is 24.0 Å². The summed E-state index contributed by atoms with van der Waals surface area (Å²) in [4.78, 5) is 0. The maximum atomic E-state index is 2.40. The smallest absolute Gasteiger partial charge is 0.0239 e. The van der Waals surface area contributed by atoms with Crippen LogP contribution in [0.15, 0.2) is 0 Å². The minimum atomic E-state index is 0. The van der Waals surface area contributed by atoms with Gasteiger partial charge in [0.15, 0.2) is 0 Å². The Hall–Kier alpha value is 1.16. The van der Waals surface area contributed by atoms with E-state index in [1.807, 2.05) is 0 Å². The van der Waals surface area contributed by atoms with Gasteiger partial charge in [0.05, 0.1) is 0 Å². The lowest BCUT2D eigenvalue weighted by Gasteiger charge is -2.37. The van der Waals surface area contributed by atoms with Gasteiger partial charge < -0.3 is 0 Å². The molecular weight excluding hydrogens is 350 g/mol. The summed E-state index contributed by atoms with van der Waals surface area (Å²) >= 11 is 0.